The molecular formula is C35H43NO7. The van der Waals surface area contributed by atoms with Crippen LogP contribution in [0.3, 0.4) is 0 Å². The van der Waals surface area contributed by atoms with E-state index in [4.69, 9.17) is 18.9 Å². The van der Waals surface area contributed by atoms with E-state index in [-0.39, 0.29) is 11.3 Å². The zero-order valence-electron chi connectivity index (χ0n) is 25.7. The van der Waals surface area contributed by atoms with Gasteiger partial charge in [0.1, 0.15) is 17.1 Å². The SMILES string of the molecule is C/C(=C\CC/C(C)=C/CCC1(C)CCc2cc(OC=O)cc(C)c2O1)CCC=C1COC(c2ccc([N+](=O)[O-])cc2)OC1. The third-order valence-electron chi connectivity index (χ3n) is 8.17. The van der Waals surface area contributed by atoms with Gasteiger partial charge in [-0.3, -0.25) is 14.9 Å². The van der Waals surface area contributed by atoms with Gasteiger partial charge in [-0.1, -0.05) is 29.4 Å². The maximum Gasteiger partial charge on any atom is 0.298 e. The number of non-ortho nitro benzene ring substituents is 1. The highest BCUT2D eigenvalue weighted by Gasteiger charge is 2.32. The Hall–Kier alpha value is -3.75. The molecule has 1 unspecified atom stereocenters. The normalized spacial score (nSPS) is 20.7. The maximum atomic E-state index is 10.8. The lowest BCUT2D eigenvalue weighted by atomic mass is 9.87. The highest BCUT2D eigenvalue weighted by Crippen LogP contribution is 2.40. The minimum atomic E-state index is -0.492. The second-order valence-electron chi connectivity index (χ2n) is 11.9. The van der Waals surface area contributed by atoms with Crippen LogP contribution in [0.5, 0.6) is 11.5 Å². The van der Waals surface area contributed by atoms with Gasteiger partial charge in [0, 0.05) is 17.7 Å². The topological polar surface area (TPSA) is 97.1 Å². The number of nitro benzene ring substituents is 1. The molecule has 0 radical (unpaired) electrons. The molecule has 2 aliphatic heterocycles. The summed E-state index contributed by atoms with van der Waals surface area (Å²) in [5, 5.41) is 10.8. The smallest absolute Gasteiger partial charge is 0.298 e. The number of benzene rings is 2. The number of carbonyl (C=O) groups excluding carboxylic acids is 1. The minimum absolute atomic E-state index is 0.0561. The van der Waals surface area contributed by atoms with E-state index < -0.39 is 11.2 Å². The molecule has 4 rings (SSSR count). The largest absolute Gasteiger partial charge is 0.487 e. The van der Waals surface area contributed by atoms with Crippen LogP contribution in [-0.2, 0) is 20.7 Å². The Morgan fingerprint density at radius 3 is 2.40 bits per heavy atom. The fourth-order valence-electron chi connectivity index (χ4n) is 5.54. The van der Waals surface area contributed by atoms with E-state index in [0.717, 1.165) is 79.4 Å². The third-order valence-corrected chi connectivity index (χ3v) is 8.17. The molecule has 0 N–H and O–H groups in total. The molecule has 0 amide bonds. The van der Waals surface area contributed by atoms with Crippen molar-refractivity contribution in [3.05, 3.63) is 98.2 Å². The molecule has 1 saturated heterocycles. The van der Waals surface area contributed by atoms with Crippen molar-refractivity contribution in [2.75, 3.05) is 13.2 Å². The van der Waals surface area contributed by atoms with Gasteiger partial charge in [0.05, 0.1) is 18.1 Å². The van der Waals surface area contributed by atoms with Crippen molar-refractivity contribution in [1.82, 2.24) is 0 Å². The first-order valence-corrected chi connectivity index (χ1v) is 15.1. The summed E-state index contributed by atoms with van der Waals surface area (Å²) in [6.07, 6.45) is 14.2. The monoisotopic (exact) mass is 589 g/mol. The van der Waals surface area contributed by atoms with Crippen molar-refractivity contribution in [2.24, 2.45) is 0 Å². The number of nitro groups is 1. The molecule has 2 aliphatic rings. The first-order chi connectivity index (χ1) is 20.7. The van der Waals surface area contributed by atoms with Crippen molar-refractivity contribution in [1.29, 1.82) is 0 Å². The summed E-state index contributed by atoms with van der Waals surface area (Å²) >= 11 is 0. The number of hydrogen-bond donors (Lipinski definition) is 0. The molecule has 43 heavy (non-hydrogen) atoms. The van der Waals surface area contributed by atoms with E-state index in [1.165, 1.54) is 23.3 Å². The molecule has 0 aliphatic carbocycles. The predicted molar refractivity (Wildman–Crippen MR) is 166 cm³/mol. The lowest BCUT2D eigenvalue weighted by molar-refractivity contribution is -0.384. The molecular weight excluding hydrogens is 546 g/mol. The van der Waals surface area contributed by atoms with Gasteiger partial charge in [0.2, 0.25) is 0 Å². The fourth-order valence-corrected chi connectivity index (χ4v) is 5.54. The number of fused-ring (bicyclic) bond motifs is 1. The van der Waals surface area contributed by atoms with E-state index in [1.807, 2.05) is 19.1 Å². The molecule has 0 aromatic heterocycles. The summed E-state index contributed by atoms with van der Waals surface area (Å²) in [6, 6.07) is 10.1. The second-order valence-corrected chi connectivity index (χ2v) is 11.9. The molecule has 2 aromatic rings. The Morgan fingerprint density at radius 1 is 1.05 bits per heavy atom. The van der Waals surface area contributed by atoms with Crippen molar-refractivity contribution >= 4 is 12.2 Å². The zero-order valence-corrected chi connectivity index (χ0v) is 25.7. The molecule has 2 heterocycles. The van der Waals surface area contributed by atoms with Crippen molar-refractivity contribution < 1.29 is 28.7 Å². The summed E-state index contributed by atoms with van der Waals surface area (Å²) in [5.74, 6) is 1.50. The van der Waals surface area contributed by atoms with E-state index >= 15 is 0 Å². The van der Waals surface area contributed by atoms with Gasteiger partial charge in [-0.15, -0.1) is 0 Å². The first-order valence-electron chi connectivity index (χ1n) is 15.1. The highest BCUT2D eigenvalue weighted by atomic mass is 16.7. The molecule has 2 aromatic carbocycles. The molecule has 8 heteroatoms. The van der Waals surface area contributed by atoms with Gasteiger partial charge in [-0.25, -0.2) is 0 Å². The Kier molecular flexibility index (Phi) is 11.3. The molecule has 1 atom stereocenters. The van der Waals surface area contributed by atoms with Crippen LogP contribution in [-0.4, -0.2) is 30.2 Å². The average Bonchev–Trinajstić information content (AvgIpc) is 2.98. The molecule has 1 fully saturated rings. The van der Waals surface area contributed by atoms with Crippen LogP contribution in [0, 0.1) is 17.0 Å². The maximum absolute atomic E-state index is 10.8. The molecule has 230 valence electrons. The highest BCUT2D eigenvalue weighted by molar-refractivity contribution is 5.52. The number of hydrogen-bond acceptors (Lipinski definition) is 7. The predicted octanol–water partition coefficient (Wildman–Crippen LogP) is 8.43. The molecule has 0 spiro atoms. The Balaban J connectivity index is 1.14. The van der Waals surface area contributed by atoms with Gasteiger partial charge < -0.3 is 18.9 Å². The fraction of sp³-hybridized carbons (Fsp3) is 0.457. The van der Waals surface area contributed by atoms with Gasteiger partial charge in [-0.2, -0.15) is 0 Å². The van der Waals surface area contributed by atoms with E-state index in [0.29, 0.717) is 25.4 Å². The molecule has 0 saturated carbocycles. The quantitative estimate of drug-likeness (QED) is 0.100. The molecule has 0 bridgehead atoms. The van der Waals surface area contributed by atoms with Crippen LogP contribution in [0.15, 0.2) is 71.3 Å². The average molecular weight is 590 g/mol. The number of allylic oxidation sites excluding steroid dienone is 5. The number of ether oxygens (including phenoxy) is 4. The van der Waals surface area contributed by atoms with Crippen LogP contribution < -0.4 is 9.47 Å². The van der Waals surface area contributed by atoms with Crippen LogP contribution in [0.1, 0.15) is 88.7 Å². The lowest BCUT2D eigenvalue weighted by Gasteiger charge is -2.36. The van der Waals surface area contributed by atoms with Gasteiger partial charge in [0.15, 0.2) is 6.29 Å². The summed E-state index contributed by atoms with van der Waals surface area (Å²) < 4.78 is 23.2. The van der Waals surface area contributed by atoms with E-state index in [9.17, 15) is 14.9 Å². The number of aryl methyl sites for hydroxylation is 2. The standard InChI is InChI=1S/C35H43NO7/c1-25(10-6-12-28-22-40-34(41-23-28)29-13-15-31(16-14-29)36(38)39)8-5-9-26(2)11-7-18-35(4)19-17-30-21-32(42-24-37)20-27(3)33(30)43-35/h8,11-16,20-21,24,34H,5-7,9-10,17-19,22-23H2,1-4H3/b25-8+,26-11+,28-12?. The van der Waals surface area contributed by atoms with Crippen molar-refractivity contribution in [3.8, 4) is 11.5 Å². The minimum Gasteiger partial charge on any atom is -0.487 e. The Bertz CT molecular complexity index is 1370. The summed E-state index contributed by atoms with van der Waals surface area (Å²) in [7, 11) is 0. The van der Waals surface area contributed by atoms with E-state index in [2.05, 4.69) is 39.0 Å². The van der Waals surface area contributed by atoms with Gasteiger partial charge in [-0.05, 0) is 120 Å². The second kappa shape index (κ2) is 15.1. The Labute approximate surface area is 254 Å². The van der Waals surface area contributed by atoms with Crippen molar-refractivity contribution in [2.45, 2.75) is 91.0 Å². The van der Waals surface area contributed by atoms with Crippen LogP contribution in [0.2, 0.25) is 0 Å². The van der Waals surface area contributed by atoms with Gasteiger partial charge in [0.25, 0.3) is 12.2 Å². The Morgan fingerprint density at radius 2 is 1.72 bits per heavy atom. The first kappa shape index (κ1) is 32.2. The summed E-state index contributed by atoms with van der Waals surface area (Å²) in [4.78, 5) is 21.1. The molecule has 8 nitrogen and oxygen atoms in total. The van der Waals surface area contributed by atoms with Crippen LogP contribution in [0.4, 0.5) is 5.69 Å². The van der Waals surface area contributed by atoms with Crippen LogP contribution in [0.25, 0.3) is 0 Å². The zero-order chi connectivity index (χ0) is 30.8. The van der Waals surface area contributed by atoms with Crippen LogP contribution >= 0.6 is 0 Å². The number of nitrogens with zero attached hydrogens (tertiary/aromatic N) is 1. The van der Waals surface area contributed by atoms with Crippen molar-refractivity contribution in [3.63, 3.8) is 0 Å². The van der Waals surface area contributed by atoms with Gasteiger partial charge >= 0.3 is 0 Å². The lowest BCUT2D eigenvalue weighted by Crippen LogP contribution is -2.36. The van der Waals surface area contributed by atoms with E-state index in [1.54, 1.807) is 12.1 Å². The number of rotatable bonds is 13. The summed E-state index contributed by atoms with van der Waals surface area (Å²) in [5.41, 5.74) is 6.64. The summed E-state index contributed by atoms with van der Waals surface area (Å²) in [6.45, 7) is 10.1. The third kappa shape index (κ3) is 9.37. The number of carbonyl (C=O) groups is 1.